The normalized spacial score (nSPS) is 26.2. The average Bonchev–Trinajstić information content (AvgIpc) is 3.48. The number of carbonyl (C=O) groups is 2. The molecule has 36 heavy (non-hydrogen) atoms. The molecule has 4 atom stereocenters. The number of anilines is 1. The van der Waals surface area contributed by atoms with E-state index in [1.165, 1.54) is 4.90 Å². The predicted molar refractivity (Wildman–Crippen MR) is 136 cm³/mol. The van der Waals surface area contributed by atoms with Crippen LogP contribution in [0.2, 0.25) is 0 Å². The van der Waals surface area contributed by atoms with E-state index in [1.54, 1.807) is 22.8 Å². The van der Waals surface area contributed by atoms with Gasteiger partial charge in [0.15, 0.2) is 0 Å². The third-order valence-electron chi connectivity index (χ3n) is 8.03. The molecular weight excluding hydrogens is 452 g/mol. The zero-order valence-corrected chi connectivity index (χ0v) is 19.9. The molecule has 0 aliphatic carbocycles. The standard InChI is InChI=1S/C29H24N4O3/c1-16(2)24-22-23(27(36)32(26(22)35)17-10-4-3-5-11-17)29(31-24)19-13-7-9-15-21(19)33-25(34)18-12-6-8-14-20(18)30-28(29)33/h3-16,22-24,31H,1-2H3/t22-,23-,24?,29?/m1/s1. The van der Waals surface area contributed by atoms with Gasteiger partial charge >= 0.3 is 0 Å². The van der Waals surface area contributed by atoms with Gasteiger partial charge in [0, 0.05) is 11.6 Å². The van der Waals surface area contributed by atoms with Gasteiger partial charge in [-0.1, -0.05) is 62.4 Å². The van der Waals surface area contributed by atoms with Crippen LogP contribution in [-0.4, -0.2) is 27.4 Å². The van der Waals surface area contributed by atoms with E-state index in [0.29, 0.717) is 28.1 Å². The number of rotatable bonds is 2. The van der Waals surface area contributed by atoms with Gasteiger partial charge in [-0.2, -0.15) is 0 Å². The first-order chi connectivity index (χ1) is 17.4. The summed E-state index contributed by atoms with van der Waals surface area (Å²) < 4.78 is 1.63. The molecule has 1 aromatic heterocycles. The average molecular weight is 477 g/mol. The van der Waals surface area contributed by atoms with Crippen LogP contribution in [0.1, 0.15) is 25.2 Å². The van der Waals surface area contributed by atoms with E-state index in [1.807, 2.05) is 60.7 Å². The minimum Gasteiger partial charge on any atom is -0.296 e. The Hall–Kier alpha value is -4.10. The molecule has 7 nitrogen and oxygen atoms in total. The maximum atomic E-state index is 14.2. The molecule has 3 aromatic carbocycles. The van der Waals surface area contributed by atoms with Gasteiger partial charge in [0.25, 0.3) is 5.56 Å². The van der Waals surface area contributed by atoms with Crippen LogP contribution in [0.3, 0.4) is 0 Å². The summed E-state index contributed by atoms with van der Waals surface area (Å²) in [6, 6.07) is 23.7. The number of para-hydroxylation sites is 3. The maximum absolute atomic E-state index is 14.2. The van der Waals surface area contributed by atoms with E-state index in [0.717, 1.165) is 5.56 Å². The molecule has 4 heterocycles. The molecule has 7 rings (SSSR count). The van der Waals surface area contributed by atoms with Crippen molar-refractivity contribution in [2.75, 3.05) is 4.90 Å². The summed E-state index contributed by atoms with van der Waals surface area (Å²) in [5, 5.41) is 4.23. The first-order valence-corrected chi connectivity index (χ1v) is 12.3. The van der Waals surface area contributed by atoms with E-state index in [-0.39, 0.29) is 29.3 Å². The zero-order valence-electron chi connectivity index (χ0n) is 19.9. The molecule has 4 aromatic rings. The number of aromatic nitrogens is 2. The van der Waals surface area contributed by atoms with Gasteiger partial charge in [-0.05, 0) is 36.2 Å². The van der Waals surface area contributed by atoms with Crippen LogP contribution in [0.4, 0.5) is 5.69 Å². The Balaban J connectivity index is 1.55. The van der Waals surface area contributed by atoms with Crippen molar-refractivity contribution in [1.82, 2.24) is 14.9 Å². The topological polar surface area (TPSA) is 84.3 Å². The smallest absolute Gasteiger partial charge is 0.266 e. The summed E-state index contributed by atoms with van der Waals surface area (Å²) in [4.78, 5) is 48.3. The number of fused-ring (bicyclic) bond motifs is 8. The molecule has 1 N–H and O–H groups in total. The monoisotopic (exact) mass is 476 g/mol. The number of carbonyl (C=O) groups excluding carboxylic acids is 2. The molecule has 0 radical (unpaired) electrons. The van der Waals surface area contributed by atoms with Gasteiger partial charge < -0.3 is 0 Å². The first kappa shape index (κ1) is 21.2. The Morgan fingerprint density at radius 1 is 0.861 bits per heavy atom. The van der Waals surface area contributed by atoms with Gasteiger partial charge in [0.1, 0.15) is 11.4 Å². The molecule has 0 bridgehead atoms. The number of hydrogen-bond acceptors (Lipinski definition) is 5. The Morgan fingerprint density at radius 3 is 2.33 bits per heavy atom. The van der Waals surface area contributed by atoms with Gasteiger partial charge in [0.05, 0.1) is 34.1 Å². The fourth-order valence-electron chi connectivity index (χ4n) is 6.56. The van der Waals surface area contributed by atoms with E-state index < -0.39 is 17.4 Å². The summed E-state index contributed by atoms with van der Waals surface area (Å²) in [6.45, 7) is 4.11. The third kappa shape index (κ3) is 2.45. The zero-order chi connectivity index (χ0) is 24.8. The second kappa shape index (κ2) is 7.21. The number of nitrogens with zero attached hydrogens (tertiary/aromatic N) is 3. The van der Waals surface area contributed by atoms with Gasteiger partial charge in [-0.3, -0.25) is 24.3 Å². The summed E-state index contributed by atoms with van der Waals surface area (Å²) in [5.41, 5.74) is 1.36. The van der Waals surface area contributed by atoms with Crippen LogP contribution in [0.15, 0.2) is 83.7 Å². The number of imide groups is 1. The minimum atomic E-state index is -1.10. The SMILES string of the molecule is CC(C)C1NC2(c3ccccc3-n3c2nc2ccccc2c3=O)[C@H]2C(=O)N(c3ccccc3)C(=O)[C@@H]12. The number of amides is 2. The summed E-state index contributed by atoms with van der Waals surface area (Å²) >= 11 is 0. The summed E-state index contributed by atoms with van der Waals surface area (Å²) in [6.07, 6.45) is 0. The highest BCUT2D eigenvalue weighted by atomic mass is 16.2. The Kier molecular flexibility index (Phi) is 4.25. The number of benzene rings is 3. The van der Waals surface area contributed by atoms with Crippen LogP contribution in [0.5, 0.6) is 0 Å². The fourth-order valence-corrected chi connectivity index (χ4v) is 6.56. The Bertz CT molecular complexity index is 1640. The molecule has 2 fully saturated rings. The summed E-state index contributed by atoms with van der Waals surface area (Å²) in [5.74, 6) is -1.25. The lowest BCUT2D eigenvalue weighted by molar-refractivity contribution is -0.123. The van der Waals surface area contributed by atoms with E-state index in [2.05, 4.69) is 19.2 Å². The lowest BCUT2D eigenvalue weighted by Gasteiger charge is -2.32. The van der Waals surface area contributed by atoms with Crippen LogP contribution in [0.25, 0.3) is 16.6 Å². The Labute approximate surface area is 207 Å². The second-order valence-corrected chi connectivity index (χ2v) is 10.2. The highest BCUT2D eigenvalue weighted by molar-refractivity contribution is 6.23. The van der Waals surface area contributed by atoms with E-state index >= 15 is 0 Å². The van der Waals surface area contributed by atoms with E-state index in [9.17, 15) is 14.4 Å². The summed E-state index contributed by atoms with van der Waals surface area (Å²) in [7, 11) is 0. The molecule has 2 saturated heterocycles. The van der Waals surface area contributed by atoms with Crippen LogP contribution < -0.4 is 15.8 Å². The molecule has 3 aliphatic heterocycles. The van der Waals surface area contributed by atoms with Crippen LogP contribution in [0, 0.1) is 17.8 Å². The molecule has 0 saturated carbocycles. The van der Waals surface area contributed by atoms with Gasteiger partial charge in [-0.25, -0.2) is 9.88 Å². The van der Waals surface area contributed by atoms with Gasteiger partial charge in [-0.15, -0.1) is 0 Å². The molecule has 1 spiro atoms. The highest BCUT2D eigenvalue weighted by Gasteiger charge is 2.70. The highest BCUT2D eigenvalue weighted by Crippen LogP contribution is 2.56. The molecule has 2 unspecified atom stereocenters. The first-order valence-electron chi connectivity index (χ1n) is 12.3. The van der Waals surface area contributed by atoms with Gasteiger partial charge in [0.2, 0.25) is 11.8 Å². The maximum Gasteiger partial charge on any atom is 0.266 e. The largest absolute Gasteiger partial charge is 0.296 e. The second-order valence-electron chi connectivity index (χ2n) is 10.2. The molecule has 3 aliphatic rings. The lowest BCUT2D eigenvalue weighted by Crippen LogP contribution is -2.51. The molecule has 178 valence electrons. The third-order valence-corrected chi connectivity index (χ3v) is 8.03. The van der Waals surface area contributed by atoms with Crippen molar-refractivity contribution in [3.63, 3.8) is 0 Å². The number of hydrogen-bond donors (Lipinski definition) is 1. The van der Waals surface area contributed by atoms with Crippen LogP contribution >= 0.6 is 0 Å². The predicted octanol–water partition coefficient (Wildman–Crippen LogP) is 3.38. The molecule has 2 amide bonds. The van der Waals surface area contributed by atoms with Crippen molar-refractivity contribution in [3.8, 4) is 5.69 Å². The van der Waals surface area contributed by atoms with Crippen molar-refractivity contribution in [2.45, 2.75) is 25.4 Å². The van der Waals surface area contributed by atoms with Crippen molar-refractivity contribution in [1.29, 1.82) is 0 Å². The van der Waals surface area contributed by atoms with Crippen LogP contribution in [-0.2, 0) is 15.1 Å². The Morgan fingerprint density at radius 2 is 1.56 bits per heavy atom. The van der Waals surface area contributed by atoms with Crippen molar-refractivity contribution >= 4 is 28.4 Å². The number of nitrogens with one attached hydrogen (secondary N) is 1. The quantitative estimate of drug-likeness (QED) is 0.449. The lowest BCUT2D eigenvalue weighted by atomic mass is 9.75. The fraction of sp³-hybridized carbons (Fsp3) is 0.241. The molecule has 7 heteroatoms. The van der Waals surface area contributed by atoms with Crippen molar-refractivity contribution < 1.29 is 9.59 Å². The van der Waals surface area contributed by atoms with E-state index in [4.69, 9.17) is 4.98 Å². The molecular formula is C29H24N4O3. The van der Waals surface area contributed by atoms with Crippen molar-refractivity contribution in [3.05, 3.63) is 101 Å². The van der Waals surface area contributed by atoms with Crippen molar-refractivity contribution in [2.24, 2.45) is 17.8 Å². The minimum absolute atomic E-state index is 0.0674.